The van der Waals surface area contributed by atoms with Gasteiger partial charge in [-0.3, -0.25) is 9.10 Å². The van der Waals surface area contributed by atoms with Gasteiger partial charge < -0.3 is 4.57 Å². The Morgan fingerprint density at radius 1 is 1.03 bits per heavy atom. The van der Waals surface area contributed by atoms with Crippen molar-refractivity contribution in [2.75, 3.05) is 10.8 Å². The van der Waals surface area contributed by atoms with Gasteiger partial charge in [0.1, 0.15) is 12.4 Å². The first-order chi connectivity index (χ1) is 18.1. The van der Waals surface area contributed by atoms with Crippen molar-refractivity contribution >= 4 is 43.8 Å². The van der Waals surface area contributed by atoms with Crippen LogP contribution >= 0.6 is 15.9 Å². The highest BCUT2D eigenvalue weighted by Gasteiger charge is 2.29. The average molecular weight is 598 g/mol. The van der Waals surface area contributed by atoms with Crippen LogP contribution in [0.3, 0.4) is 0 Å². The van der Waals surface area contributed by atoms with Gasteiger partial charge >= 0.3 is 0 Å². The van der Waals surface area contributed by atoms with Gasteiger partial charge in [-0.05, 0) is 75.4 Å². The lowest BCUT2D eigenvalue weighted by atomic mass is 10.2. The number of benzene rings is 3. The van der Waals surface area contributed by atoms with E-state index >= 15 is 0 Å². The van der Waals surface area contributed by atoms with Crippen molar-refractivity contribution in [3.63, 3.8) is 0 Å². The van der Waals surface area contributed by atoms with Crippen LogP contribution in [0.25, 0.3) is 5.69 Å². The van der Waals surface area contributed by atoms with Crippen molar-refractivity contribution in [1.82, 2.24) is 9.99 Å². The summed E-state index contributed by atoms with van der Waals surface area (Å²) < 4.78 is 45.2. The van der Waals surface area contributed by atoms with Gasteiger partial charge in [0.15, 0.2) is 0 Å². The van der Waals surface area contributed by atoms with Crippen LogP contribution in [0.5, 0.6) is 0 Å². The number of carbonyl (C=O) groups is 1. The van der Waals surface area contributed by atoms with E-state index in [1.165, 1.54) is 36.5 Å². The number of para-hydroxylation sites is 1. The molecule has 0 aliphatic heterocycles. The van der Waals surface area contributed by atoms with Gasteiger partial charge in [-0.25, -0.2) is 18.2 Å². The number of nitrogens with zero attached hydrogens (tertiary/aromatic N) is 3. The molecule has 0 bridgehead atoms. The molecule has 0 unspecified atom stereocenters. The fourth-order valence-corrected chi connectivity index (χ4v) is 5.73. The van der Waals surface area contributed by atoms with E-state index in [0.717, 1.165) is 43.0 Å². The first-order valence-corrected chi connectivity index (χ1v) is 13.9. The molecule has 1 N–H and O–H groups in total. The monoisotopic (exact) mass is 596 g/mol. The number of anilines is 1. The zero-order valence-corrected chi connectivity index (χ0v) is 23.4. The summed E-state index contributed by atoms with van der Waals surface area (Å²) in [7, 11) is -4.23. The highest BCUT2D eigenvalue weighted by atomic mass is 79.9. The molecule has 38 heavy (non-hydrogen) atoms. The molecule has 1 amide bonds. The van der Waals surface area contributed by atoms with E-state index in [0.29, 0.717) is 0 Å². The van der Waals surface area contributed by atoms with E-state index in [2.05, 4.69) is 31.0 Å². The number of carbonyl (C=O) groups excluding carboxylic acids is 1. The Labute approximate surface area is 229 Å². The lowest BCUT2D eigenvalue weighted by molar-refractivity contribution is -0.119. The summed E-state index contributed by atoms with van der Waals surface area (Å²) in [5.41, 5.74) is 6.67. The third-order valence-electron chi connectivity index (χ3n) is 5.97. The van der Waals surface area contributed by atoms with Crippen molar-refractivity contribution in [2.45, 2.75) is 25.7 Å². The van der Waals surface area contributed by atoms with Gasteiger partial charge in [0.25, 0.3) is 15.9 Å². The number of hydrogen-bond acceptors (Lipinski definition) is 4. The zero-order valence-electron chi connectivity index (χ0n) is 21.0. The molecule has 0 aliphatic carbocycles. The van der Waals surface area contributed by atoms with Crippen LogP contribution in [0.4, 0.5) is 10.1 Å². The molecule has 0 radical (unpaired) electrons. The zero-order chi connectivity index (χ0) is 27.4. The first-order valence-electron chi connectivity index (χ1n) is 11.7. The third-order valence-corrected chi connectivity index (χ3v) is 8.27. The summed E-state index contributed by atoms with van der Waals surface area (Å²) in [6, 6.07) is 21.4. The van der Waals surface area contributed by atoms with Gasteiger partial charge in [-0.2, -0.15) is 5.10 Å². The minimum atomic E-state index is -4.23. The predicted octanol–water partition coefficient (Wildman–Crippen LogP) is 5.65. The number of halogens is 2. The summed E-state index contributed by atoms with van der Waals surface area (Å²) >= 11 is 3.44. The average Bonchev–Trinajstić information content (AvgIpc) is 3.16. The quantitative estimate of drug-likeness (QED) is 0.211. The topological polar surface area (TPSA) is 83.8 Å². The number of nitrogens with one attached hydrogen (secondary N) is 1. The molecule has 3 aromatic carbocycles. The van der Waals surface area contributed by atoms with Gasteiger partial charge in [0.05, 0.1) is 16.8 Å². The van der Waals surface area contributed by atoms with E-state index < -0.39 is 28.3 Å². The van der Waals surface area contributed by atoms with Crippen LogP contribution in [-0.4, -0.2) is 31.7 Å². The summed E-state index contributed by atoms with van der Waals surface area (Å²) in [5.74, 6) is -1.48. The van der Waals surface area contributed by atoms with Crippen LogP contribution in [0.1, 0.15) is 22.5 Å². The third kappa shape index (κ3) is 5.87. The molecule has 0 aliphatic rings. The van der Waals surface area contributed by atoms with E-state index in [1.54, 1.807) is 12.1 Å². The Balaban J connectivity index is 1.56. The number of sulfonamides is 1. The standard InChI is InChI=1S/C28H26BrFN4O3S/c1-19-8-14-25(15-9-19)38(36,37)33(27-7-5-4-6-26(27)30)18-28(35)32-31-17-22-16-20(2)34(21(22)3)24-12-10-23(29)11-13-24/h4-17H,18H2,1-3H3,(H,32,35)/b31-17-. The molecule has 0 atom stereocenters. The Morgan fingerprint density at radius 2 is 1.68 bits per heavy atom. The summed E-state index contributed by atoms with van der Waals surface area (Å²) in [6.45, 7) is 5.07. The van der Waals surface area contributed by atoms with Crippen molar-refractivity contribution in [3.05, 3.63) is 112 Å². The molecule has 1 aromatic heterocycles. The number of aromatic nitrogens is 1. The SMILES string of the molecule is Cc1ccc(S(=O)(=O)N(CC(=O)N/N=C\c2cc(C)n(-c3ccc(Br)cc3)c2C)c2ccccc2F)cc1. The van der Waals surface area contributed by atoms with Crippen LogP contribution in [0.2, 0.25) is 0 Å². The molecule has 0 saturated carbocycles. The van der Waals surface area contributed by atoms with Crippen molar-refractivity contribution in [3.8, 4) is 5.69 Å². The molecule has 4 rings (SSSR count). The molecule has 0 saturated heterocycles. The van der Waals surface area contributed by atoms with E-state index in [4.69, 9.17) is 0 Å². The van der Waals surface area contributed by atoms with E-state index in [-0.39, 0.29) is 10.6 Å². The van der Waals surface area contributed by atoms with Crippen LogP contribution in [0.15, 0.2) is 93.3 Å². The van der Waals surface area contributed by atoms with Crippen molar-refractivity contribution in [2.24, 2.45) is 5.10 Å². The Kier molecular flexibility index (Phi) is 8.13. The van der Waals surface area contributed by atoms with Gasteiger partial charge in [-0.15, -0.1) is 0 Å². The maximum atomic E-state index is 14.6. The summed E-state index contributed by atoms with van der Waals surface area (Å²) in [5, 5.41) is 4.04. The Morgan fingerprint density at radius 3 is 2.34 bits per heavy atom. The molecule has 0 spiro atoms. The van der Waals surface area contributed by atoms with Gasteiger partial charge in [0.2, 0.25) is 0 Å². The molecule has 10 heteroatoms. The van der Waals surface area contributed by atoms with Crippen LogP contribution in [-0.2, 0) is 14.8 Å². The molecular formula is C28H26BrFN4O3S. The van der Waals surface area contributed by atoms with Gasteiger partial charge in [0, 0.05) is 27.1 Å². The van der Waals surface area contributed by atoms with Crippen LogP contribution in [0, 0.1) is 26.6 Å². The first kappa shape index (κ1) is 27.3. The fraction of sp³-hybridized carbons (Fsp3) is 0.143. The highest BCUT2D eigenvalue weighted by molar-refractivity contribution is 9.10. The molecule has 1 heterocycles. The Hall–Kier alpha value is -3.76. The predicted molar refractivity (Wildman–Crippen MR) is 151 cm³/mol. The smallest absolute Gasteiger partial charge is 0.264 e. The molecular weight excluding hydrogens is 571 g/mol. The number of hydrazone groups is 1. The number of rotatable bonds is 8. The highest BCUT2D eigenvalue weighted by Crippen LogP contribution is 2.26. The van der Waals surface area contributed by atoms with Crippen molar-refractivity contribution < 1.29 is 17.6 Å². The van der Waals surface area contributed by atoms with Crippen LogP contribution < -0.4 is 9.73 Å². The molecule has 196 valence electrons. The largest absolute Gasteiger partial charge is 0.318 e. The lowest BCUT2D eigenvalue weighted by Crippen LogP contribution is -2.40. The lowest BCUT2D eigenvalue weighted by Gasteiger charge is -2.24. The number of hydrogen-bond donors (Lipinski definition) is 1. The molecule has 7 nitrogen and oxygen atoms in total. The normalized spacial score (nSPS) is 11.6. The molecule has 0 fully saturated rings. The second kappa shape index (κ2) is 11.3. The summed E-state index contributed by atoms with van der Waals surface area (Å²) in [4.78, 5) is 12.8. The Bertz CT molecular complexity index is 1600. The minimum absolute atomic E-state index is 0.0527. The van der Waals surface area contributed by atoms with E-state index in [1.807, 2.05) is 51.1 Å². The van der Waals surface area contributed by atoms with Crippen molar-refractivity contribution in [1.29, 1.82) is 0 Å². The fourth-order valence-electron chi connectivity index (χ4n) is 4.04. The number of aryl methyl sites for hydroxylation is 2. The summed E-state index contributed by atoms with van der Waals surface area (Å²) in [6.07, 6.45) is 1.50. The van der Waals surface area contributed by atoms with E-state index in [9.17, 15) is 17.6 Å². The van der Waals surface area contributed by atoms with Gasteiger partial charge in [-0.1, -0.05) is 45.8 Å². The minimum Gasteiger partial charge on any atom is -0.318 e. The maximum absolute atomic E-state index is 14.6. The second-order valence-electron chi connectivity index (χ2n) is 8.71. The molecule has 4 aromatic rings. The maximum Gasteiger partial charge on any atom is 0.264 e. The second-order valence-corrected chi connectivity index (χ2v) is 11.5. The number of amides is 1.